The largest absolute Gasteiger partial charge is 0.493 e. The molecule has 0 aliphatic heterocycles. The number of nitrogens with one attached hydrogen (secondary N) is 1. The minimum absolute atomic E-state index is 0.0918. The Balaban J connectivity index is 1.72. The maximum atomic E-state index is 12.7. The molecule has 0 radical (unpaired) electrons. The summed E-state index contributed by atoms with van der Waals surface area (Å²) >= 11 is 7.20. The van der Waals surface area contributed by atoms with Crippen LogP contribution in [0.15, 0.2) is 36.4 Å². The molecule has 10 heteroatoms. The first-order valence-electron chi connectivity index (χ1n) is 9.25. The first kappa shape index (κ1) is 22.5. The molecule has 0 spiro atoms. The molecule has 0 aliphatic carbocycles. The third-order valence-corrected chi connectivity index (χ3v) is 6.01. The molecule has 0 bridgehead atoms. The van der Waals surface area contributed by atoms with Gasteiger partial charge in [0.1, 0.15) is 9.88 Å². The van der Waals surface area contributed by atoms with Crippen LogP contribution in [0.2, 0.25) is 5.02 Å². The number of methoxy groups -OCH3 is 2. The Kier molecular flexibility index (Phi) is 7.09. The zero-order valence-electron chi connectivity index (χ0n) is 17.1. The molecule has 1 aromatic heterocycles. The predicted molar refractivity (Wildman–Crippen MR) is 120 cm³/mol. The molecule has 1 heterocycles. The lowest BCUT2D eigenvalue weighted by molar-refractivity contribution is -0.385. The molecule has 2 aromatic carbocycles. The number of carbonyl (C=O) groups is 1. The third kappa shape index (κ3) is 5.12. The van der Waals surface area contributed by atoms with Gasteiger partial charge in [-0.15, -0.1) is 11.3 Å². The molecular formula is C21H20ClN3O5S. The molecule has 0 atom stereocenters. The topological polar surface area (TPSA) is 104 Å². The van der Waals surface area contributed by atoms with Crippen molar-refractivity contribution in [1.82, 2.24) is 10.3 Å². The van der Waals surface area contributed by atoms with Gasteiger partial charge in [0.2, 0.25) is 0 Å². The van der Waals surface area contributed by atoms with Crippen LogP contribution in [0, 0.1) is 17.0 Å². The summed E-state index contributed by atoms with van der Waals surface area (Å²) in [6.45, 7) is 1.98. The van der Waals surface area contributed by atoms with Crippen molar-refractivity contribution in [3.8, 4) is 22.1 Å². The Morgan fingerprint density at radius 2 is 1.84 bits per heavy atom. The monoisotopic (exact) mass is 461 g/mol. The van der Waals surface area contributed by atoms with E-state index in [2.05, 4.69) is 10.3 Å². The summed E-state index contributed by atoms with van der Waals surface area (Å²) in [5.41, 5.74) is 1.83. The Labute approximate surface area is 187 Å². The van der Waals surface area contributed by atoms with E-state index in [4.69, 9.17) is 21.1 Å². The number of hydrogen-bond donors (Lipinski definition) is 1. The van der Waals surface area contributed by atoms with Crippen LogP contribution in [0.5, 0.6) is 11.5 Å². The molecule has 3 rings (SSSR count). The normalized spacial score (nSPS) is 10.6. The van der Waals surface area contributed by atoms with Gasteiger partial charge in [-0.05, 0) is 31.5 Å². The van der Waals surface area contributed by atoms with Gasteiger partial charge in [-0.1, -0.05) is 23.7 Å². The smallest absolute Gasteiger partial charge is 0.276 e. The number of halogens is 1. The van der Waals surface area contributed by atoms with Gasteiger partial charge in [-0.3, -0.25) is 14.9 Å². The summed E-state index contributed by atoms with van der Waals surface area (Å²) in [5, 5.41) is 15.6. The van der Waals surface area contributed by atoms with Gasteiger partial charge in [0.05, 0.1) is 30.9 Å². The Bertz CT molecular complexity index is 1110. The van der Waals surface area contributed by atoms with E-state index in [1.165, 1.54) is 31.6 Å². The SMILES string of the molecule is COc1cc(CCNC(=O)c2sc(-c3ccc(Cl)cc3)nc2C)c([N+](=O)[O-])cc1OC. The van der Waals surface area contributed by atoms with E-state index in [0.717, 1.165) is 10.6 Å². The van der Waals surface area contributed by atoms with Crippen LogP contribution in [0.4, 0.5) is 5.69 Å². The molecule has 0 fully saturated rings. The molecular weight excluding hydrogens is 442 g/mol. The Morgan fingerprint density at radius 3 is 2.45 bits per heavy atom. The maximum Gasteiger partial charge on any atom is 0.276 e. The minimum atomic E-state index is -0.481. The van der Waals surface area contributed by atoms with Crippen molar-refractivity contribution in [1.29, 1.82) is 0 Å². The van der Waals surface area contributed by atoms with E-state index in [0.29, 0.717) is 26.9 Å². The van der Waals surface area contributed by atoms with Gasteiger partial charge < -0.3 is 14.8 Å². The number of nitrogens with zero attached hydrogens (tertiary/aromatic N) is 2. The Hall–Kier alpha value is -3.17. The number of nitro groups is 1. The molecule has 162 valence electrons. The van der Waals surface area contributed by atoms with Crippen LogP contribution in [-0.4, -0.2) is 36.6 Å². The number of nitro benzene ring substituents is 1. The van der Waals surface area contributed by atoms with Crippen molar-refractivity contribution in [2.75, 3.05) is 20.8 Å². The van der Waals surface area contributed by atoms with E-state index < -0.39 is 4.92 Å². The van der Waals surface area contributed by atoms with Crippen molar-refractivity contribution in [2.45, 2.75) is 13.3 Å². The number of amides is 1. The molecule has 8 nitrogen and oxygen atoms in total. The fourth-order valence-corrected chi connectivity index (χ4v) is 4.11. The van der Waals surface area contributed by atoms with Crippen LogP contribution >= 0.6 is 22.9 Å². The van der Waals surface area contributed by atoms with Crippen molar-refractivity contribution in [3.05, 3.63) is 67.7 Å². The fraction of sp³-hybridized carbons (Fsp3) is 0.238. The minimum Gasteiger partial charge on any atom is -0.493 e. The lowest BCUT2D eigenvalue weighted by Gasteiger charge is -2.11. The van der Waals surface area contributed by atoms with Crippen molar-refractivity contribution in [2.24, 2.45) is 0 Å². The summed E-state index contributed by atoms with van der Waals surface area (Å²) in [4.78, 5) is 28.6. The highest BCUT2D eigenvalue weighted by Crippen LogP contribution is 2.34. The molecule has 31 heavy (non-hydrogen) atoms. The lowest BCUT2D eigenvalue weighted by Crippen LogP contribution is -2.25. The van der Waals surface area contributed by atoms with Crippen LogP contribution < -0.4 is 14.8 Å². The summed E-state index contributed by atoms with van der Waals surface area (Å²) < 4.78 is 10.4. The number of rotatable bonds is 8. The number of thiazole rings is 1. The van der Waals surface area contributed by atoms with Crippen molar-refractivity contribution in [3.63, 3.8) is 0 Å². The first-order chi connectivity index (χ1) is 14.8. The predicted octanol–water partition coefficient (Wildman–Crippen LogP) is 4.67. The fourth-order valence-electron chi connectivity index (χ4n) is 2.99. The van der Waals surface area contributed by atoms with Gasteiger partial charge in [0.25, 0.3) is 11.6 Å². The van der Waals surface area contributed by atoms with Gasteiger partial charge in [0.15, 0.2) is 11.5 Å². The summed E-state index contributed by atoms with van der Waals surface area (Å²) in [7, 11) is 2.87. The highest BCUT2D eigenvalue weighted by atomic mass is 35.5. The molecule has 3 aromatic rings. The number of aromatic nitrogens is 1. The quantitative estimate of drug-likeness (QED) is 0.386. The Morgan fingerprint density at radius 1 is 1.19 bits per heavy atom. The van der Waals surface area contributed by atoms with Gasteiger partial charge in [0, 0.05) is 22.7 Å². The van der Waals surface area contributed by atoms with E-state index in [-0.39, 0.29) is 30.3 Å². The van der Waals surface area contributed by atoms with Crippen LogP contribution in [-0.2, 0) is 6.42 Å². The summed E-state index contributed by atoms with van der Waals surface area (Å²) in [6, 6.07) is 10.1. The van der Waals surface area contributed by atoms with E-state index in [9.17, 15) is 14.9 Å². The second-order valence-electron chi connectivity index (χ2n) is 6.54. The number of carbonyl (C=O) groups excluding carboxylic acids is 1. The highest BCUT2D eigenvalue weighted by molar-refractivity contribution is 7.17. The summed E-state index contributed by atoms with van der Waals surface area (Å²) in [6.07, 6.45) is 0.254. The highest BCUT2D eigenvalue weighted by Gasteiger charge is 2.20. The first-order valence-corrected chi connectivity index (χ1v) is 10.4. The van der Waals surface area contributed by atoms with Gasteiger partial charge in [-0.25, -0.2) is 4.98 Å². The van der Waals surface area contributed by atoms with Crippen LogP contribution in [0.25, 0.3) is 10.6 Å². The molecule has 1 N–H and O–H groups in total. The second kappa shape index (κ2) is 9.76. The zero-order valence-corrected chi connectivity index (χ0v) is 18.7. The summed E-state index contributed by atoms with van der Waals surface area (Å²) in [5.74, 6) is 0.385. The van der Waals surface area contributed by atoms with E-state index in [1.54, 1.807) is 25.1 Å². The number of hydrogen-bond acceptors (Lipinski definition) is 7. The molecule has 0 saturated heterocycles. The van der Waals surface area contributed by atoms with E-state index in [1.807, 2.05) is 12.1 Å². The van der Waals surface area contributed by atoms with E-state index >= 15 is 0 Å². The van der Waals surface area contributed by atoms with Gasteiger partial charge in [-0.2, -0.15) is 0 Å². The molecule has 1 amide bonds. The number of ether oxygens (including phenoxy) is 2. The number of benzene rings is 2. The average Bonchev–Trinajstić information content (AvgIpc) is 3.15. The number of aryl methyl sites for hydroxylation is 1. The van der Waals surface area contributed by atoms with Crippen molar-refractivity contribution < 1.29 is 19.2 Å². The third-order valence-electron chi connectivity index (χ3n) is 4.56. The molecule has 0 aliphatic rings. The standard InChI is InChI=1S/C21H20ClN3O5S/c1-12-19(31-21(24-12)13-4-6-15(22)7-5-13)20(26)23-9-8-14-10-17(29-2)18(30-3)11-16(14)25(27)28/h4-7,10-11H,8-9H2,1-3H3,(H,23,26). The molecule has 0 saturated carbocycles. The van der Waals surface area contributed by atoms with Crippen LogP contribution in [0.1, 0.15) is 20.9 Å². The lowest BCUT2D eigenvalue weighted by atomic mass is 10.1. The average molecular weight is 462 g/mol. The van der Waals surface area contributed by atoms with Crippen LogP contribution in [0.3, 0.4) is 0 Å². The van der Waals surface area contributed by atoms with Gasteiger partial charge >= 0.3 is 0 Å². The maximum absolute atomic E-state index is 12.7. The van der Waals surface area contributed by atoms with Crippen molar-refractivity contribution >= 4 is 34.5 Å². The second-order valence-corrected chi connectivity index (χ2v) is 7.97. The zero-order chi connectivity index (χ0) is 22.5. The molecule has 0 unspecified atom stereocenters.